The van der Waals surface area contributed by atoms with Crippen LogP contribution in [0, 0.1) is 0 Å². The first-order valence-corrected chi connectivity index (χ1v) is 8.32. The summed E-state index contributed by atoms with van der Waals surface area (Å²) in [7, 11) is -3.38. The number of benzene rings is 1. The largest absolute Gasteiger partial charge is 0.375 e. The van der Waals surface area contributed by atoms with Crippen LogP contribution < -0.4 is 10.5 Å². The van der Waals surface area contributed by atoms with Crippen molar-refractivity contribution in [2.24, 2.45) is 5.73 Å². The van der Waals surface area contributed by atoms with Crippen molar-refractivity contribution < 1.29 is 13.2 Å². The van der Waals surface area contributed by atoms with Crippen LogP contribution in [-0.4, -0.2) is 27.2 Å². The van der Waals surface area contributed by atoms with Crippen molar-refractivity contribution in [3.8, 4) is 0 Å². The molecule has 6 heteroatoms. The van der Waals surface area contributed by atoms with Crippen molar-refractivity contribution in [1.29, 1.82) is 0 Å². The fraction of sp³-hybridized carbons (Fsp3) is 0.571. The summed E-state index contributed by atoms with van der Waals surface area (Å²) >= 11 is 0. The molecule has 114 valence electrons. The summed E-state index contributed by atoms with van der Waals surface area (Å²) < 4.78 is 32.2. The average Bonchev–Trinajstić information content (AvgIpc) is 2.36. The minimum absolute atomic E-state index is 0.0525. The molecular formula is C14H24N2O3S. The van der Waals surface area contributed by atoms with E-state index in [-0.39, 0.29) is 12.3 Å². The van der Waals surface area contributed by atoms with E-state index in [0.717, 1.165) is 11.1 Å². The lowest BCUT2D eigenvalue weighted by atomic mass is 10.1. The highest BCUT2D eigenvalue weighted by Crippen LogP contribution is 2.11. The maximum absolute atomic E-state index is 12.1. The second-order valence-electron chi connectivity index (χ2n) is 5.30. The normalized spacial score (nSPS) is 12.6. The predicted octanol–water partition coefficient (Wildman–Crippen LogP) is 1.38. The van der Waals surface area contributed by atoms with E-state index in [1.54, 1.807) is 6.07 Å². The number of rotatable bonds is 8. The van der Waals surface area contributed by atoms with Crippen molar-refractivity contribution in [2.45, 2.75) is 38.7 Å². The molecule has 0 heterocycles. The maximum atomic E-state index is 12.1. The van der Waals surface area contributed by atoms with Gasteiger partial charge < -0.3 is 10.5 Å². The number of hydrogen-bond acceptors (Lipinski definition) is 4. The molecule has 3 N–H and O–H groups in total. The minimum Gasteiger partial charge on any atom is -0.375 e. The summed E-state index contributed by atoms with van der Waals surface area (Å²) in [6.07, 6.45) is 0. The molecule has 0 aliphatic carbocycles. The molecule has 20 heavy (non-hydrogen) atoms. The molecule has 0 bridgehead atoms. The van der Waals surface area contributed by atoms with Crippen LogP contribution in [-0.2, 0) is 27.1 Å². The van der Waals surface area contributed by atoms with Crippen LogP contribution in [0.25, 0.3) is 0 Å². The fourth-order valence-corrected chi connectivity index (χ4v) is 3.13. The molecule has 1 aromatic rings. The Balaban J connectivity index is 2.65. The van der Waals surface area contributed by atoms with Crippen molar-refractivity contribution in [2.75, 3.05) is 13.2 Å². The lowest BCUT2D eigenvalue weighted by Crippen LogP contribution is -2.40. The zero-order valence-corrected chi connectivity index (χ0v) is 13.2. The van der Waals surface area contributed by atoms with E-state index >= 15 is 0 Å². The molecule has 0 unspecified atom stereocenters. The monoisotopic (exact) mass is 300 g/mol. The molecule has 0 spiro atoms. The third kappa shape index (κ3) is 6.00. The molecule has 0 radical (unpaired) electrons. The van der Waals surface area contributed by atoms with E-state index in [4.69, 9.17) is 10.5 Å². The smallest absolute Gasteiger partial charge is 0.215 e. The van der Waals surface area contributed by atoms with Gasteiger partial charge in [0.05, 0.1) is 11.4 Å². The van der Waals surface area contributed by atoms with E-state index in [1.807, 2.05) is 39.0 Å². The van der Waals surface area contributed by atoms with Gasteiger partial charge >= 0.3 is 0 Å². The molecule has 1 rings (SSSR count). The molecule has 0 atom stereocenters. The quantitative estimate of drug-likeness (QED) is 0.760. The van der Waals surface area contributed by atoms with E-state index in [0.29, 0.717) is 13.2 Å². The third-order valence-corrected chi connectivity index (χ3v) is 4.13. The topological polar surface area (TPSA) is 81.4 Å². The van der Waals surface area contributed by atoms with Crippen molar-refractivity contribution >= 4 is 10.0 Å². The number of sulfonamides is 1. The molecule has 5 nitrogen and oxygen atoms in total. The van der Waals surface area contributed by atoms with Crippen LogP contribution in [0.5, 0.6) is 0 Å². The highest BCUT2D eigenvalue weighted by atomic mass is 32.2. The Labute approximate surface area is 121 Å². The van der Waals surface area contributed by atoms with Crippen molar-refractivity contribution in [1.82, 2.24) is 4.72 Å². The second-order valence-corrected chi connectivity index (χ2v) is 7.10. The number of nitrogens with one attached hydrogen (secondary N) is 1. The second kappa shape index (κ2) is 7.17. The first kappa shape index (κ1) is 17.1. The summed E-state index contributed by atoms with van der Waals surface area (Å²) in [5.41, 5.74) is 6.69. The minimum atomic E-state index is -3.38. The first-order valence-electron chi connectivity index (χ1n) is 6.67. The standard InChI is InChI=1S/C14H24N2O3S/c1-4-19-14(2,3)11-16-20(17,18)10-13-7-5-6-12(8-13)9-15/h5-8,16H,4,9-11,15H2,1-3H3. The molecule has 0 fully saturated rings. The van der Waals surface area contributed by atoms with Gasteiger partial charge in [0.1, 0.15) is 0 Å². The van der Waals surface area contributed by atoms with Crippen LogP contribution >= 0.6 is 0 Å². The Bertz CT molecular complexity index is 527. The summed E-state index contributed by atoms with van der Waals surface area (Å²) in [4.78, 5) is 0. The molecular weight excluding hydrogens is 276 g/mol. The maximum Gasteiger partial charge on any atom is 0.215 e. The zero-order chi connectivity index (χ0) is 15.2. The van der Waals surface area contributed by atoms with Crippen molar-refractivity contribution in [3.05, 3.63) is 35.4 Å². The van der Waals surface area contributed by atoms with Crippen molar-refractivity contribution in [3.63, 3.8) is 0 Å². The van der Waals surface area contributed by atoms with Crippen LogP contribution in [0.15, 0.2) is 24.3 Å². The number of ether oxygens (including phenoxy) is 1. The van der Waals surface area contributed by atoms with Crippen LogP contribution in [0.4, 0.5) is 0 Å². The summed E-state index contributed by atoms with van der Waals surface area (Å²) in [5, 5.41) is 0. The van der Waals surface area contributed by atoms with Gasteiger partial charge in [-0.1, -0.05) is 24.3 Å². The highest BCUT2D eigenvalue weighted by molar-refractivity contribution is 7.88. The van der Waals surface area contributed by atoms with Gasteiger partial charge in [0, 0.05) is 19.7 Å². The molecule has 0 aromatic heterocycles. The lowest BCUT2D eigenvalue weighted by Gasteiger charge is -2.24. The van der Waals surface area contributed by atoms with Gasteiger partial charge in [0.15, 0.2) is 0 Å². The van der Waals surface area contributed by atoms with Gasteiger partial charge in [-0.15, -0.1) is 0 Å². The van der Waals surface area contributed by atoms with E-state index in [9.17, 15) is 8.42 Å². The van der Waals surface area contributed by atoms with Gasteiger partial charge in [-0.3, -0.25) is 0 Å². The van der Waals surface area contributed by atoms with Gasteiger partial charge in [-0.05, 0) is 31.9 Å². The summed E-state index contributed by atoms with van der Waals surface area (Å²) in [6, 6.07) is 7.29. The van der Waals surface area contributed by atoms with E-state index in [2.05, 4.69) is 4.72 Å². The Hall–Kier alpha value is -0.950. The van der Waals surface area contributed by atoms with Gasteiger partial charge in [-0.25, -0.2) is 13.1 Å². The van der Waals surface area contributed by atoms with Gasteiger partial charge in [-0.2, -0.15) is 0 Å². The fourth-order valence-electron chi connectivity index (χ4n) is 1.84. The average molecular weight is 300 g/mol. The summed E-state index contributed by atoms with van der Waals surface area (Å²) in [5.74, 6) is -0.0525. The summed E-state index contributed by atoms with van der Waals surface area (Å²) in [6.45, 7) is 6.79. The molecule has 0 aliphatic heterocycles. The highest BCUT2D eigenvalue weighted by Gasteiger charge is 2.21. The van der Waals surface area contributed by atoms with Gasteiger partial charge in [0.25, 0.3) is 0 Å². The Morgan fingerprint density at radius 1 is 1.30 bits per heavy atom. The Morgan fingerprint density at radius 2 is 1.95 bits per heavy atom. The molecule has 0 aliphatic rings. The third-order valence-electron chi connectivity index (χ3n) is 2.84. The molecule has 0 amide bonds. The van der Waals surface area contributed by atoms with E-state index in [1.165, 1.54) is 0 Å². The predicted molar refractivity (Wildman–Crippen MR) is 80.7 cm³/mol. The molecule has 0 saturated carbocycles. The first-order chi connectivity index (χ1) is 9.28. The number of nitrogens with two attached hydrogens (primary N) is 1. The Kier molecular flexibility index (Phi) is 6.13. The zero-order valence-electron chi connectivity index (χ0n) is 12.3. The molecule has 0 saturated heterocycles. The molecule has 1 aromatic carbocycles. The lowest BCUT2D eigenvalue weighted by molar-refractivity contribution is -0.00515. The SMILES string of the molecule is CCOC(C)(C)CNS(=O)(=O)Cc1cccc(CN)c1. The van der Waals surface area contributed by atoms with Gasteiger partial charge in [0.2, 0.25) is 10.0 Å². The number of hydrogen-bond donors (Lipinski definition) is 2. The Morgan fingerprint density at radius 3 is 2.55 bits per heavy atom. The van der Waals surface area contributed by atoms with E-state index < -0.39 is 15.6 Å². The van der Waals surface area contributed by atoms with Crippen LogP contribution in [0.3, 0.4) is 0 Å². The van der Waals surface area contributed by atoms with Crippen LogP contribution in [0.1, 0.15) is 31.9 Å². The van der Waals surface area contributed by atoms with Crippen LogP contribution in [0.2, 0.25) is 0 Å².